The van der Waals surface area contributed by atoms with Crippen LogP contribution in [0.3, 0.4) is 0 Å². The molecule has 2 rings (SSSR count). The molecule has 2 aromatic rings. The number of sulfonamides is 1. The molecule has 22 heavy (non-hydrogen) atoms. The van der Waals surface area contributed by atoms with E-state index in [-0.39, 0.29) is 10.7 Å². The van der Waals surface area contributed by atoms with Crippen molar-refractivity contribution in [3.63, 3.8) is 0 Å². The Bertz CT molecular complexity index is 790. The van der Waals surface area contributed by atoms with Gasteiger partial charge in [0.25, 0.3) is 10.0 Å². The van der Waals surface area contributed by atoms with Crippen LogP contribution in [0.15, 0.2) is 47.4 Å². The van der Waals surface area contributed by atoms with Crippen molar-refractivity contribution >= 4 is 38.9 Å². The lowest BCUT2D eigenvalue weighted by atomic mass is 10.2. The molecule has 0 spiro atoms. The Morgan fingerprint density at radius 2 is 1.55 bits per heavy atom. The highest BCUT2D eigenvalue weighted by atomic mass is 35.5. The minimum atomic E-state index is -4.67. The van der Waals surface area contributed by atoms with Crippen LogP contribution in [-0.4, -0.2) is 8.42 Å². The van der Waals surface area contributed by atoms with Crippen LogP contribution in [0.1, 0.15) is 5.56 Å². The van der Waals surface area contributed by atoms with Gasteiger partial charge >= 0.3 is 6.18 Å². The molecule has 0 aliphatic carbocycles. The summed E-state index contributed by atoms with van der Waals surface area (Å²) in [7, 11) is -4.26. The lowest BCUT2D eigenvalue weighted by Gasteiger charge is -2.12. The molecule has 0 unspecified atom stereocenters. The zero-order valence-corrected chi connectivity index (χ0v) is 13.0. The summed E-state index contributed by atoms with van der Waals surface area (Å²) in [5.41, 5.74) is -0.953. The van der Waals surface area contributed by atoms with E-state index in [9.17, 15) is 21.6 Å². The second-order valence-electron chi connectivity index (χ2n) is 4.26. The van der Waals surface area contributed by atoms with Gasteiger partial charge in [-0.3, -0.25) is 4.72 Å². The van der Waals surface area contributed by atoms with Crippen LogP contribution in [0, 0.1) is 0 Å². The molecule has 0 atom stereocenters. The smallest absolute Gasteiger partial charge is 0.280 e. The average Bonchev–Trinajstić information content (AvgIpc) is 2.40. The van der Waals surface area contributed by atoms with E-state index < -0.39 is 26.7 Å². The maximum absolute atomic E-state index is 12.7. The standard InChI is InChI=1S/C13H8Cl2F3NO2S/c14-9-2-4-10(5-3-9)19-22(20,21)12-7-8(13(16,17)18)1-6-11(12)15/h1-7,19H. The predicted molar refractivity (Wildman–Crippen MR) is 78.7 cm³/mol. The summed E-state index contributed by atoms with van der Waals surface area (Å²) in [4.78, 5) is -0.654. The Balaban J connectivity index is 2.43. The lowest BCUT2D eigenvalue weighted by Crippen LogP contribution is -2.15. The van der Waals surface area contributed by atoms with E-state index in [0.717, 1.165) is 6.07 Å². The molecule has 0 aliphatic rings. The molecule has 0 aromatic heterocycles. The third kappa shape index (κ3) is 3.85. The number of benzene rings is 2. The molecule has 3 nitrogen and oxygen atoms in total. The van der Waals surface area contributed by atoms with Crippen LogP contribution in [0.4, 0.5) is 18.9 Å². The molecule has 2 aromatic carbocycles. The van der Waals surface area contributed by atoms with E-state index in [4.69, 9.17) is 23.2 Å². The third-order valence-electron chi connectivity index (χ3n) is 2.64. The molecule has 0 saturated heterocycles. The molecule has 1 N–H and O–H groups in total. The van der Waals surface area contributed by atoms with Crippen molar-refractivity contribution < 1.29 is 21.6 Å². The number of hydrogen-bond donors (Lipinski definition) is 1. The fraction of sp³-hybridized carbons (Fsp3) is 0.0769. The number of rotatable bonds is 3. The molecular formula is C13H8Cl2F3NO2S. The van der Waals surface area contributed by atoms with E-state index >= 15 is 0 Å². The van der Waals surface area contributed by atoms with E-state index in [1.54, 1.807) is 0 Å². The first kappa shape index (κ1) is 16.9. The highest BCUT2D eigenvalue weighted by Gasteiger charge is 2.32. The van der Waals surface area contributed by atoms with Gasteiger partial charge in [0.15, 0.2) is 0 Å². The van der Waals surface area contributed by atoms with Gasteiger partial charge in [-0.1, -0.05) is 23.2 Å². The van der Waals surface area contributed by atoms with E-state index in [0.29, 0.717) is 17.2 Å². The first-order chi connectivity index (χ1) is 10.1. The van der Waals surface area contributed by atoms with Crippen molar-refractivity contribution in [3.8, 4) is 0 Å². The fourth-order valence-corrected chi connectivity index (χ4v) is 3.33. The molecular weight excluding hydrogens is 362 g/mol. The Labute approximate surface area is 134 Å². The summed E-state index contributed by atoms with van der Waals surface area (Å²) in [6.07, 6.45) is -4.67. The number of alkyl halides is 3. The summed E-state index contributed by atoms with van der Waals surface area (Å²) in [5, 5.41) is 0.0783. The number of nitrogens with one attached hydrogen (secondary N) is 1. The topological polar surface area (TPSA) is 46.2 Å². The summed E-state index contributed by atoms with van der Waals surface area (Å²) in [5.74, 6) is 0. The summed E-state index contributed by atoms with van der Waals surface area (Å²) < 4.78 is 64.6. The Morgan fingerprint density at radius 3 is 2.09 bits per heavy atom. The quantitative estimate of drug-likeness (QED) is 0.843. The SMILES string of the molecule is O=S(=O)(Nc1ccc(Cl)cc1)c1cc(C(F)(F)F)ccc1Cl. The number of anilines is 1. The zero-order valence-electron chi connectivity index (χ0n) is 10.7. The molecule has 0 radical (unpaired) electrons. The van der Waals surface area contributed by atoms with Gasteiger partial charge in [0.05, 0.1) is 10.6 Å². The molecule has 0 aliphatic heterocycles. The third-order valence-corrected chi connectivity index (χ3v) is 4.76. The highest BCUT2D eigenvalue weighted by molar-refractivity contribution is 7.92. The maximum Gasteiger partial charge on any atom is 0.416 e. The normalized spacial score (nSPS) is 12.2. The molecule has 0 fully saturated rings. The van der Waals surface area contributed by atoms with Crippen molar-refractivity contribution in [2.24, 2.45) is 0 Å². The van der Waals surface area contributed by atoms with Crippen LogP contribution >= 0.6 is 23.2 Å². The molecule has 118 valence electrons. The van der Waals surface area contributed by atoms with Gasteiger partial charge in [-0.15, -0.1) is 0 Å². The van der Waals surface area contributed by atoms with E-state index in [1.807, 2.05) is 0 Å². The van der Waals surface area contributed by atoms with Crippen LogP contribution in [0.25, 0.3) is 0 Å². The first-order valence-corrected chi connectivity index (χ1v) is 7.98. The van der Waals surface area contributed by atoms with Crippen molar-refractivity contribution in [3.05, 3.63) is 58.1 Å². The largest absolute Gasteiger partial charge is 0.416 e. The van der Waals surface area contributed by atoms with Crippen LogP contribution in [0.5, 0.6) is 0 Å². The zero-order chi connectivity index (χ0) is 16.5. The minimum Gasteiger partial charge on any atom is -0.280 e. The summed E-state index contributed by atoms with van der Waals surface area (Å²) in [6.45, 7) is 0. The number of halogens is 5. The van der Waals surface area contributed by atoms with Crippen LogP contribution in [0.2, 0.25) is 10.0 Å². The van der Waals surface area contributed by atoms with Gasteiger partial charge in [-0.2, -0.15) is 13.2 Å². The summed E-state index contributed by atoms with van der Waals surface area (Å²) >= 11 is 11.4. The molecule has 0 bridgehead atoms. The van der Waals surface area contributed by atoms with Crippen LogP contribution in [-0.2, 0) is 16.2 Å². The van der Waals surface area contributed by atoms with Gasteiger partial charge in [0.2, 0.25) is 0 Å². The van der Waals surface area contributed by atoms with E-state index in [1.165, 1.54) is 24.3 Å². The molecule has 9 heteroatoms. The second kappa shape index (κ2) is 5.98. The fourth-order valence-electron chi connectivity index (χ4n) is 1.61. The van der Waals surface area contributed by atoms with Gasteiger partial charge < -0.3 is 0 Å². The minimum absolute atomic E-state index is 0.151. The van der Waals surface area contributed by atoms with Gasteiger partial charge in [0.1, 0.15) is 4.90 Å². The van der Waals surface area contributed by atoms with Crippen molar-refractivity contribution in [1.29, 1.82) is 0 Å². The molecule has 0 saturated carbocycles. The van der Waals surface area contributed by atoms with Gasteiger partial charge in [-0.05, 0) is 42.5 Å². The van der Waals surface area contributed by atoms with Gasteiger partial charge in [0, 0.05) is 10.7 Å². The van der Waals surface area contributed by atoms with Crippen LogP contribution < -0.4 is 4.72 Å². The lowest BCUT2D eigenvalue weighted by molar-refractivity contribution is -0.137. The second-order valence-corrected chi connectivity index (χ2v) is 6.75. The Morgan fingerprint density at radius 1 is 0.955 bits per heavy atom. The first-order valence-electron chi connectivity index (χ1n) is 5.75. The van der Waals surface area contributed by atoms with Crippen molar-refractivity contribution in [2.45, 2.75) is 11.1 Å². The average molecular weight is 370 g/mol. The Kier molecular flexibility index (Phi) is 4.60. The molecule has 0 heterocycles. The summed E-state index contributed by atoms with van der Waals surface area (Å²) in [6, 6.07) is 7.72. The predicted octanol–water partition coefficient (Wildman–Crippen LogP) is 4.81. The molecule has 0 amide bonds. The van der Waals surface area contributed by atoms with E-state index in [2.05, 4.69) is 4.72 Å². The Hall–Kier alpha value is -1.44. The number of hydrogen-bond acceptors (Lipinski definition) is 2. The monoisotopic (exact) mass is 369 g/mol. The highest BCUT2D eigenvalue weighted by Crippen LogP contribution is 2.34. The van der Waals surface area contributed by atoms with Crippen molar-refractivity contribution in [2.75, 3.05) is 4.72 Å². The van der Waals surface area contributed by atoms with Crippen molar-refractivity contribution in [1.82, 2.24) is 0 Å². The maximum atomic E-state index is 12.7. The van der Waals surface area contributed by atoms with Gasteiger partial charge in [-0.25, -0.2) is 8.42 Å².